The van der Waals surface area contributed by atoms with Crippen LogP contribution in [0.15, 0.2) is 85.1 Å². The fourth-order valence-electron chi connectivity index (χ4n) is 3.03. The van der Waals surface area contributed by atoms with Gasteiger partial charge in [-0.3, -0.25) is 15.4 Å². The van der Waals surface area contributed by atoms with Crippen molar-refractivity contribution in [3.05, 3.63) is 95.2 Å². The molecule has 1 aromatic heterocycles. The molecule has 0 atom stereocenters. The Hall–Kier alpha value is -4.99. The molecule has 0 unspecified atom stereocenters. The third-order valence-electron chi connectivity index (χ3n) is 4.67. The molecule has 10 heteroatoms. The number of hydrogen-bond acceptors (Lipinski definition) is 8. The number of methoxy groups -OCH3 is 1. The van der Waals surface area contributed by atoms with Crippen molar-refractivity contribution < 1.29 is 19.2 Å². The van der Waals surface area contributed by atoms with Gasteiger partial charge >= 0.3 is 11.8 Å². The second kappa shape index (κ2) is 10.1. The van der Waals surface area contributed by atoms with E-state index in [1.807, 2.05) is 12.1 Å². The average Bonchev–Trinajstić information content (AvgIpc) is 2.86. The van der Waals surface area contributed by atoms with E-state index in [4.69, 9.17) is 4.74 Å². The minimum Gasteiger partial charge on any atom is -0.453 e. The molecule has 4 aromatic rings. The van der Waals surface area contributed by atoms with Gasteiger partial charge in [0.2, 0.25) is 11.7 Å². The van der Waals surface area contributed by atoms with Crippen LogP contribution in [0.4, 0.5) is 27.8 Å². The van der Waals surface area contributed by atoms with Gasteiger partial charge in [0, 0.05) is 29.2 Å². The molecule has 1 heterocycles. The predicted octanol–water partition coefficient (Wildman–Crippen LogP) is 5.77. The first kappa shape index (κ1) is 22.2. The summed E-state index contributed by atoms with van der Waals surface area (Å²) < 4.78 is 10.3. The van der Waals surface area contributed by atoms with Crippen LogP contribution in [-0.2, 0) is 4.74 Å². The van der Waals surface area contributed by atoms with E-state index < -0.39 is 11.0 Å². The summed E-state index contributed by atoms with van der Waals surface area (Å²) in [5.41, 5.74) is 2.72. The van der Waals surface area contributed by atoms with Crippen LogP contribution in [0.25, 0.3) is 11.3 Å². The highest BCUT2D eigenvalue weighted by atomic mass is 16.6. The monoisotopic (exact) mass is 457 g/mol. The molecule has 0 aliphatic rings. The van der Waals surface area contributed by atoms with Crippen LogP contribution in [0.1, 0.15) is 0 Å². The zero-order valence-corrected chi connectivity index (χ0v) is 18.0. The number of amides is 1. The van der Waals surface area contributed by atoms with Crippen LogP contribution in [0.3, 0.4) is 0 Å². The van der Waals surface area contributed by atoms with Crippen molar-refractivity contribution in [2.75, 3.05) is 17.7 Å². The fourth-order valence-corrected chi connectivity index (χ4v) is 3.03. The Labute approximate surface area is 194 Å². The zero-order chi connectivity index (χ0) is 23.9. The Morgan fingerprint density at radius 1 is 0.941 bits per heavy atom. The Bertz CT molecular complexity index is 1310. The maximum absolute atomic E-state index is 11.3. The third-order valence-corrected chi connectivity index (χ3v) is 4.67. The second-order valence-corrected chi connectivity index (χ2v) is 6.94. The van der Waals surface area contributed by atoms with Gasteiger partial charge < -0.3 is 14.8 Å². The molecule has 0 fully saturated rings. The van der Waals surface area contributed by atoms with Crippen molar-refractivity contribution in [2.45, 2.75) is 0 Å². The summed E-state index contributed by atoms with van der Waals surface area (Å²) in [6.45, 7) is 0. The lowest BCUT2D eigenvalue weighted by atomic mass is 10.1. The van der Waals surface area contributed by atoms with Crippen molar-refractivity contribution >= 4 is 29.1 Å². The Kier molecular flexibility index (Phi) is 6.59. The maximum Gasteiger partial charge on any atom is 0.411 e. The minimum atomic E-state index is -0.546. The van der Waals surface area contributed by atoms with E-state index in [0.29, 0.717) is 23.1 Å². The number of aromatic nitrogens is 2. The highest BCUT2D eigenvalue weighted by Crippen LogP contribution is 2.32. The number of nitrogens with one attached hydrogen (secondary N) is 2. The standard InChI is InChI=1S/C24H19N5O5/c1-33-24(30)27-18-10-8-17(9-11-18)26-23-25-15-14-20(28-23)16-6-12-19(13-7-16)34-22-5-3-2-4-21(22)29(31)32/h2-15H,1H3,(H,27,30)(H,25,26,28). The number of nitrogens with zero attached hydrogens (tertiary/aromatic N) is 3. The molecular formula is C24H19N5O5. The van der Waals surface area contributed by atoms with E-state index in [1.54, 1.807) is 66.9 Å². The van der Waals surface area contributed by atoms with Crippen LogP contribution in [0, 0.1) is 10.1 Å². The largest absolute Gasteiger partial charge is 0.453 e. The molecule has 0 radical (unpaired) electrons. The maximum atomic E-state index is 11.3. The van der Waals surface area contributed by atoms with Gasteiger partial charge in [-0.1, -0.05) is 12.1 Å². The van der Waals surface area contributed by atoms with Crippen molar-refractivity contribution in [1.29, 1.82) is 0 Å². The van der Waals surface area contributed by atoms with E-state index in [-0.39, 0.29) is 11.4 Å². The lowest BCUT2D eigenvalue weighted by molar-refractivity contribution is -0.385. The predicted molar refractivity (Wildman–Crippen MR) is 126 cm³/mol. The number of benzene rings is 3. The summed E-state index contributed by atoms with van der Waals surface area (Å²) in [6, 6.07) is 22.0. The van der Waals surface area contributed by atoms with Crippen molar-refractivity contribution in [1.82, 2.24) is 9.97 Å². The summed E-state index contributed by atoms with van der Waals surface area (Å²) in [5.74, 6) is 1.03. The smallest absolute Gasteiger partial charge is 0.411 e. The van der Waals surface area contributed by atoms with Gasteiger partial charge in [-0.25, -0.2) is 14.8 Å². The lowest BCUT2D eigenvalue weighted by Crippen LogP contribution is -2.10. The molecule has 3 aromatic carbocycles. The molecule has 0 aliphatic heterocycles. The van der Waals surface area contributed by atoms with Gasteiger partial charge in [0.1, 0.15) is 5.75 Å². The highest BCUT2D eigenvalue weighted by molar-refractivity contribution is 5.84. The van der Waals surface area contributed by atoms with Crippen LogP contribution >= 0.6 is 0 Å². The first-order valence-electron chi connectivity index (χ1n) is 10.1. The Morgan fingerprint density at radius 2 is 1.65 bits per heavy atom. The van der Waals surface area contributed by atoms with E-state index >= 15 is 0 Å². The van der Waals surface area contributed by atoms with Gasteiger partial charge in [-0.15, -0.1) is 0 Å². The van der Waals surface area contributed by atoms with Crippen LogP contribution < -0.4 is 15.4 Å². The fraction of sp³-hybridized carbons (Fsp3) is 0.0417. The van der Waals surface area contributed by atoms with E-state index in [1.165, 1.54) is 13.2 Å². The molecule has 1 amide bonds. The summed E-state index contributed by atoms with van der Waals surface area (Å²) in [7, 11) is 1.30. The van der Waals surface area contributed by atoms with Crippen LogP contribution in [-0.4, -0.2) is 28.1 Å². The normalized spacial score (nSPS) is 10.3. The summed E-state index contributed by atoms with van der Waals surface area (Å²) in [4.78, 5) is 30.7. The topological polar surface area (TPSA) is 129 Å². The van der Waals surface area contributed by atoms with Crippen molar-refractivity contribution in [3.63, 3.8) is 0 Å². The van der Waals surface area contributed by atoms with Crippen LogP contribution in [0.2, 0.25) is 0 Å². The Balaban J connectivity index is 1.45. The number of nitro groups is 1. The van der Waals surface area contributed by atoms with Crippen molar-refractivity contribution in [3.8, 4) is 22.8 Å². The molecule has 2 N–H and O–H groups in total. The highest BCUT2D eigenvalue weighted by Gasteiger charge is 2.14. The van der Waals surface area contributed by atoms with E-state index in [0.717, 1.165) is 11.3 Å². The van der Waals surface area contributed by atoms with Crippen LogP contribution in [0.5, 0.6) is 11.5 Å². The summed E-state index contributed by atoms with van der Waals surface area (Å²) in [6.07, 6.45) is 1.09. The molecule has 0 spiro atoms. The van der Waals surface area contributed by atoms with E-state index in [9.17, 15) is 14.9 Å². The Morgan fingerprint density at radius 3 is 2.35 bits per heavy atom. The van der Waals surface area contributed by atoms with Gasteiger partial charge in [0.05, 0.1) is 17.7 Å². The number of carbonyl (C=O) groups excluding carboxylic acids is 1. The number of nitro benzene ring substituents is 1. The number of ether oxygens (including phenoxy) is 2. The second-order valence-electron chi connectivity index (χ2n) is 6.94. The molecule has 0 saturated heterocycles. The molecule has 0 saturated carbocycles. The minimum absolute atomic E-state index is 0.104. The molecular weight excluding hydrogens is 438 g/mol. The zero-order valence-electron chi connectivity index (χ0n) is 18.0. The van der Waals surface area contributed by atoms with Gasteiger partial charge in [0.25, 0.3) is 0 Å². The first-order chi connectivity index (χ1) is 16.5. The third kappa shape index (κ3) is 5.43. The number of para-hydroxylation sites is 2. The molecule has 0 bridgehead atoms. The molecule has 4 rings (SSSR count). The summed E-state index contributed by atoms with van der Waals surface area (Å²) in [5, 5.41) is 16.9. The molecule has 170 valence electrons. The quantitative estimate of drug-likeness (QED) is 0.264. The SMILES string of the molecule is COC(=O)Nc1ccc(Nc2nccc(-c3ccc(Oc4ccccc4[N+](=O)[O-])cc3)n2)cc1. The number of anilines is 3. The summed E-state index contributed by atoms with van der Waals surface area (Å²) >= 11 is 0. The van der Waals surface area contributed by atoms with Gasteiger partial charge in [0.15, 0.2) is 0 Å². The molecule has 0 aliphatic carbocycles. The number of carbonyl (C=O) groups is 1. The first-order valence-corrected chi connectivity index (χ1v) is 10.1. The number of hydrogen-bond donors (Lipinski definition) is 2. The molecule has 34 heavy (non-hydrogen) atoms. The van der Waals surface area contributed by atoms with Crippen molar-refractivity contribution in [2.24, 2.45) is 0 Å². The van der Waals surface area contributed by atoms with Gasteiger partial charge in [-0.05, 0) is 60.7 Å². The van der Waals surface area contributed by atoms with Gasteiger partial charge in [-0.2, -0.15) is 0 Å². The lowest BCUT2D eigenvalue weighted by Gasteiger charge is -2.09. The number of rotatable bonds is 7. The molecule has 10 nitrogen and oxygen atoms in total. The average molecular weight is 457 g/mol. The van der Waals surface area contributed by atoms with E-state index in [2.05, 4.69) is 25.3 Å².